The number of carbonyl (C=O) groups excluding carboxylic acids is 1. The van der Waals surface area contributed by atoms with Gasteiger partial charge in [0, 0.05) is 5.56 Å². The fourth-order valence-electron chi connectivity index (χ4n) is 2.36. The minimum absolute atomic E-state index is 0.657. The Bertz CT molecular complexity index is 345. The Kier molecular flexibility index (Phi) is 6.78. The SMILES string of the molecule is CCCB(CCC(C)CC)c1ccc(C=O)cc1. The fourth-order valence-corrected chi connectivity index (χ4v) is 2.36. The highest BCUT2D eigenvalue weighted by Gasteiger charge is 2.16. The second kappa shape index (κ2) is 8.13. The molecule has 0 amide bonds. The van der Waals surface area contributed by atoms with Crippen molar-refractivity contribution in [3.05, 3.63) is 29.8 Å². The maximum Gasteiger partial charge on any atom is 0.175 e. The summed E-state index contributed by atoms with van der Waals surface area (Å²) in [6.45, 7) is 7.50. The van der Waals surface area contributed by atoms with Gasteiger partial charge in [0.25, 0.3) is 0 Å². The summed E-state index contributed by atoms with van der Waals surface area (Å²) in [7, 11) is 0. The van der Waals surface area contributed by atoms with E-state index in [9.17, 15) is 4.79 Å². The first-order chi connectivity index (χ1) is 8.71. The molecule has 98 valence electrons. The van der Waals surface area contributed by atoms with E-state index < -0.39 is 0 Å². The third-order valence-electron chi connectivity index (χ3n) is 3.89. The van der Waals surface area contributed by atoms with Gasteiger partial charge >= 0.3 is 0 Å². The van der Waals surface area contributed by atoms with Gasteiger partial charge in [-0.3, -0.25) is 4.79 Å². The monoisotopic (exact) mass is 244 g/mol. The molecule has 0 heterocycles. The van der Waals surface area contributed by atoms with Gasteiger partial charge in [-0.1, -0.05) is 82.4 Å². The molecule has 0 fully saturated rings. The zero-order valence-electron chi connectivity index (χ0n) is 12.0. The normalized spacial score (nSPS) is 12.2. The Morgan fingerprint density at radius 2 is 1.83 bits per heavy atom. The Morgan fingerprint density at radius 3 is 2.33 bits per heavy atom. The molecule has 0 saturated heterocycles. The van der Waals surface area contributed by atoms with Gasteiger partial charge < -0.3 is 0 Å². The molecule has 0 saturated carbocycles. The largest absolute Gasteiger partial charge is 0.298 e. The summed E-state index contributed by atoms with van der Waals surface area (Å²) >= 11 is 0. The van der Waals surface area contributed by atoms with Crippen molar-refractivity contribution in [2.24, 2.45) is 5.92 Å². The summed E-state index contributed by atoms with van der Waals surface area (Å²) in [5.41, 5.74) is 2.17. The molecule has 0 aliphatic rings. The highest BCUT2D eigenvalue weighted by atomic mass is 16.1. The van der Waals surface area contributed by atoms with Crippen molar-refractivity contribution in [1.82, 2.24) is 0 Å². The Balaban J connectivity index is 2.66. The van der Waals surface area contributed by atoms with Crippen LogP contribution in [0.1, 0.15) is 50.4 Å². The van der Waals surface area contributed by atoms with E-state index >= 15 is 0 Å². The number of benzene rings is 1. The second-order valence-corrected chi connectivity index (χ2v) is 5.36. The number of carbonyl (C=O) groups is 1. The molecular weight excluding hydrogens is 219 g/mol. The molecule has 0 bridgehead atoms. The molecule has 2 heteroatoms. The number of rotatable bonds is 8. The van der Waals surface area contributed by atoms with Crippen LogP contribution in [0.4, 0.5) is 0 Å². The molecule has 1 nitrogen and oxygen atoms in total. The van der Waals surface area contributed by atoms with E-state index in [4.69, 9.17) is 0 Å². The van der Waals surface area contributed by atoms with Crippen LogP contribution >= 0.6 is 0 Å². The van der Waals surface area contributed by atoms with Crippen LogP contribution in [0.2, 0.25) is 12.6 Å². The summed E-state index contributed by atoms with van der Waals surface area (Å²) in [6, 6.07) is 8.13. The molecule has 1 unspecified atom stereocenters. The summed E-state index contributed by atoms with van der Waals surface area (Å²) in [5.74, 6) is 0.818. The van der Waals surface area contributed by atoms with Crippen molar-refractivity contribution in [3.8, 4) is 0 Å². The average molecular weight is 244 g/mol. The lowest BCUT2D eigenvalue weighted by Crippen LogP contribution is -2.30. The van der Waals surface area contributed by atoms with Gasteiger partial charge in [-0.2, -0.15) is 0 Å². The van der Waals surface area contributed by atoms with E-state index in [0.717, 1.165) is 17.8 Å². The number of hydrogen-bond donors (Lipinski definition) is 0. The topological polar surface area (TPSA) is 17.1 Å². The van der Waals surface area contributed by atoms with Crippen LogP contribution in [0.5, 0.6) is 0 Å². The van der Waals surface area contributed by atoms with Crippen molar-refractivity contribution in [3.63, 3.8) is 0 Å². The first-order valence-electron chi connectivity index (χ1n) is 7.26. The van der Waals surface area contributed by atoms with Gasteiger partial charge in [0.15, 0.2) is 6.71 Å². The molecule has 0 radical (unpaired) electrons. The molecule has 0 spiro atoms. The first-order valence-corrected chi connectivity index (χ1v) is 7.26. The molecular formula is C16H25BO. The van der Waals surface area contributed by atoms with Crippen molar-refractivity contribution in [1.29, 1.82) is 0 Å². The zero-order valence-corrected chi connectivity index (χ0v) is 12.0. The Morgan fingerprint density at radius 1 is 1.17 bits per heavy atom. The van der Waals surface area contributed by atoms with Gasteiger partial charge in [-0.15, -0.1) is 0 Å². The lowest BCUT2D eigenvalue weighted by Gasteiger charge is -2.16. The second-order valence-electron chi connectivity index (χ2n) is 5.36. The van der Waals surface area contributed by atoms with Crippen molar-refractivity contribution in [2.45, 2.75) is 52.7 Å². The predicted molar refractivity (Wildman–Crippen MR) is 81.2 cm³/mol. The molecule has 1 atom stereocenters. The van der Waals surface area contributed by atoms with Gasteiger partial charge in [-0.05, 0) is 5.92 Å². The van der Waals surface area contributed by atoms with Crippen LogP contribution in [-0.2, 0) is 0 Å². The van der Waals surface area contributed by atoms with Crippen LogP contribution in [-0.4, -0.2) is 13.0 Å². The Labute approximate surface area is 112 Å². The van der Waals surface area contributed by atoms with Crippen molar-refractivity contribution in [2.75, 3.05) is 0 Å². The molecule has 0 aromatic heterocycles. The highest BCUT2D eigenvalue weighted by molar-refractivity contribution is 6.73. The van der Waals surface area contributed by atoms with E-state index in [1.165, 1.54) is 37.4 Å². The van der Waals surface area contributed by atoms with E-state index in [1.807, 2.05) is 12.1 Å². The zero-order chi connectivity index (χ0) is 13.4. The molecule has 1 aromatic carbocycles. The van der Waals surface area contributed by atoms with E-state index in [-0.39, 0.29) is 0 Å². The van der Waals surface area contributed by atoms with Crippen LogP contribution in [0.15, 0.2) is 24.3 Å². The summed E-state index contributed by atoms with van der Waals surface area (Å²) < 4.78 is 0. The van der Waals surface area contributed by atoms with Crippen LogP contribution in [0.25, 0.3) is 0 Å². The smallest absolute Gasteiger partial charge is 0.175 e. The maximum absolute atomic E-state index is 10.7. The quantitative estimate of drug-likeness (QED) is 0.498. The minimum atomic E-state index is 0.657. The fraction of sp³-hybridized carbons (Fsp3) is 0.562. The Hall–Kier alpha value is -1.05. The van der Waals surface area contributed by atoms with E-state index in [0.29, 0.717) is 6.71 Å². The van der Waals surface area contributed by atoms with Crippen molar-refractivity contribution >= 4 is 18.5 Å². The van der Waals surface area contributed by atoms with Crippen molar-refractivity contribution < 1.29 is 4.79 Å². The van der Waals surface area contributed by atoms with Crippen LogP contribution < -0.4 is 5.46 Å². The van der Waals surface area contributed by atoms with Gasteiger partial charge in [-0.25, -0.2) is 0 Å². The maximum atomic E-state index is 10.7. The number of hydrogen-bond acceptors (Lipinski definition) is 1. The predicted octanol–water partition coefficient (Wildman–Crippen LogP) is 4.05. The lowest BCUT2D eigenvalue weighted by molar-refractivity contribution is 0.112. The standard InChI is InChI=1S/C16H25BO/c1-4-11-17(12-10-14(3)5-2)16-8-6-15(13-18)7-9-16/h6-9,13-14H,4-5,10-12H2,1-3H3. The first kappa shape index (κ1) is 15.0. The van der Waals surface area contributed by atoms with E-state index in [1.54, 1.807) is 0 Å². The van der Waals surface area contributed by atoms with Gasteiger partial charge in [0.2, 0.25) is 0 Å². The molecule has 0 aliphatic carbocycles. The third kappa shape index (κ3) is 4.68. The molecule has 18 heavy (non-hydrogen) atoms. The van der Waals surface area contributed by atoms with E-state index in [2.05, 4.69) is 32.9 Å². The highest BCUT2D eigenvalue weighted by Crippen LogP contribution is 2.15. The molecule has 0 aliphatic heterocycles. The van der Waals surface area contributed by atoms with Crippen LogP contribution in [0, 0.1) is 5.92 Å². The number of aldehydes is 1. The van der Waals surface area contributed by atoms with Gasteiger partial charge in [0.1, 0.15) is 6.29 Å². The minimum Gasteiger partial charge on any atom is -0.298 e. The summed E-state index contributed by atoms with van der Waals surface area (Å²) in [6.07, 6.45) is 7.22. The molecule has 1 rings (SSSR count). The lowest BCUT2D eigenvalue weighted by atomic mass is 9.39. The summed E-state index contributed by atoms with van der Waals surface area (Å²) in [4.78, 5) is 10.7. The van der Waals surface area contributed by atoms with Crippen LogP contribution in [0.3, 0.4) is 0 Å². The average Bonchev–Trinajstić information content (AvgIpc) is 2.43. The summed E-state index contributed by atoms with van der Waals surface area (Å²) in [5, 5.41) is 0. The molecule has 1 aromatic rings. The third-order valence-corrected chi connectivity index (χ3v) is 3.89. The molecule has 0 N–H and O–H groups in total. The van der Waals surface area contributed by atoms with Gasteiger partial charge in [0.05, 0.1) is 0 Å².